The normalized spacial score (nSPS) is 25.7. The number of nitrogens with one attached hydrogen (secondary N) is 1. The van der Waals surface area contributed by atoms with Crippen molar-refractivity contribution in [1.82, 2.24) is 10.2 Å². The van der Waals surface area contributed by atoms with Gasteiger partial charge >= 0.3 is 6.09 Å². The summed E-state index contributed by atoms with van der Waals surface area (Å²) in [6, 6.07) is 5.49. The van der Waals surface area contributed by atoms with Crippen LogP contribution < -0.4 is 5.32 Å². The SMILES string of the molecule is CC(C)(C)OC(=O)N1C[C@H](S(=O)(=O)c2ccc(CCC3CCC(F)(F)C3)cc2Cl)C[C@H]1C(=O)NC1(C#N)CC1. The van der Waals surface area contributed by atoms with Gasteiger partial charge in [-0.25, -0.2) is 22.0 Å². The number of hydrogen-bond acceptors (Lipinski definition) is 6. The minimum Gasteiger partial charge on any atom is -0.444 e. The van der Waals surface area contributed by atoms with E-state index in [-0.39, 0.29) is 41.6 Å². The molecule has 3 fully saturated rings. The van der Waals surface area contributed by atoms with Crippen LogP contribution in [0.3, 0.4) is 0 Å². The number of likely N-dealkylation sites (tertiary alicyclic amines) is 1. The molecule has 0 spiro atoms. The summed E-state index contributed by atoms with van der Waals surface area (Å²) in [7, 11) is -4.07. The van der Waals surface area contributed by atoms with Crippen LogP contribution in [-0.2, 0) is 25.8 Å². The molecule has 214 valence electrons. The van der Waals surface area contributed by atoms with Crippen molar-refractivity contribution in [2.75, 3.05) is 6.54 Å². The Morgan fingerprint density at radius 1 is 1.26 bits per heavy atom. The molecule has 3 atom stereocenters. The number of carbonyl (C=O) groups is 2. The average molecular weight is 586 g/mol. The summed E-state index contributed by atoms with van der Waals surface area (Å²) in [5, 5.41) is 10.9. The average Bonchev–Trinajstić information content (AvgIpc) is 3.28. The van der Waals surface area contributed by atoms with Gasteiger partial charge in [0.1, 0.15) is 17.2 Å². The Kier molecular flexibility index (Phi) is 7.96. The molecular formula is C27H34ClF2N3O5S. The maximum atomic E-state index is 13.6. The summed E-state index contributed by atoms with van der Waals surface area (Å²) in [5.41, 5.74) is -1.10. The molecule has 1 saturated heterocycles. The number of sulfone groups is 1. The zero-order valence-corrected chi connectivity index (χ0v) is 23.9. The molecule has 1 aliphatic heterocycles. The van der Waals surface area contributed by atoms with Gasteiger partial charge in [0.15, 0.2) is 9.84 Å². The zero-order chi connectivity index (χ0) is 28.8. The van der Waals surface area contributed by atoms with Crippen molar-refractivity contribution in [3.63, 3.8) is 0 Å². The first kappa shape index (κ1) is 29.5. The highest BCUT2D eigenvalue weighted by Gasteiger charge is 2.51. The second kappa shape index (κ2) is 10.5. The topological polar surface area (TPSA) is 117 Å². The van der Waals surface area contributed by atoms with Crippen LogP contribution in [0.25, 0.3) is 0 Å². The summed E-state index contributed by atoms with van der Waals surface area (Å²) >= 11 is 6.41. The van der Waals surface area contributed by atoms with Crippen LogP contribution in [0.1, 0.15) is 71.3 Å². The molecule has 8 nitrogen and oxygen atoms in total. The molecule has 2 amide bonds. The fourth-order valence-corrected chi connectivity index (χ4v) is 7.54. The smallest absolute Gasteiger partial charge is 0.411 e. The lowest BCUT2D eigenvalue weighted by Crippen LogP contribution is -2.50. The Hall–Kier alpha value is -2.45. The number of rotatable bonds is 7. The van der Waals surface area contributed by atoms with E-state index in [1.807, 2.05) is 0 Å². The number of nitriles is 1. The van der Waals surface area contributed by atoms with E-state index < -0.39 is 50.2 Å². The third-order valence-corrected chi connectivity index (χ3v) is 10.2. The minimum absolute atomic E-state index is 0.00221. The third kappa shape index (κ3) is 6.83. The van der Waals surface area contributed by atoms with E-state index in [1.54, 1.807) is 26.8 Å². The first-order valence-electron chi connectivity index (χ1n) is 13.2. The second-order valence-corrected chi connectivity index (χ2v) is 14.6. The van der Waals surface area contributed by atoms with Gasteiger partial charge in [-0.15, -0.1) is 0 Å². The van der Waals surface area contributed by atoms with Crippen LogP contribution in [0.2, 0.25) is 5.02 Å². The van der Waals surface area contributed by atoms with Crippen LogP contribution in [0, 0.1) is 17.2 Å². The highest BCUT2D eigenvalue weighted by atomic mass is 35.5. The molecule has 12 heteroatoms. The highest BCUT2D eigenvalue weighted by molar-refractivity contribution is 7.92. The quantitative estimate of drug-likeness (QED) is 0.480. The molecule has 3 aliphatic rings. The van der Waals surface area contributed by atoms with Crippen LogP contribution in [0.4, 0.5) is 13.6 Å². The van der Waals surface area contributed by atoms with Crippen molar-refractivity contribution >= 4 is 33.4 Å². The molecule has 2 aliphatic carbocycles. The van der Waals surface area contributed by atoms with E-state index in [0.717, 1.165) is 10.5 Å². The lowest BCUT2D eigenvalue weighted by molar-refractivity contribution is -0.126. The third-order valence-electron chi connectivity index (χ3n) is 7.61. The van der Waals surface area contributed by atoms with Crippen molar-refractivity contribution in [2.45, 2.75) is 105 Å². The predicted octanol–water partition coefficient (Wildman–Crippen LogP) is 5.03. The number of hydrogen-bond donors (Lipinski definition) is 1. The Balaban J connectivity index is 1.50. The molecule has 1 aromatic carbocycles. The Bertz CT molecular complexity index is 1290. The zero-order valence-electron chi connectivity index (χ0n) is 22.3. The van der Waals surface area contributed by atoms with E-state index >= 15 is 0 Å². The Labute approximate surface area is 232 Å². The fraction of sp³-hybridized carbons (Fsp3) is 0.667. The van der Waals surface area contributed by atoms with Gasteiger partial charge in [0.2, 0.25) is 11.8 Å². The molecular weight excluding hydrogens is 552 g/mol. The van der Waals surface area contributed by atoms with Crippen LogP contribution in [0.5, 0.6) is 0 Å². The lowest BCUT2D eigenvalue weighted by atomic mass is 9.98. The maximum absolute atomic E-state index is 13.6. The number of halogens is 3. The van der Waals surface area contributed by atoms with Crippen molar-refractivity contribution in [3.05, 3.63) is 28.8 Å². The molecule has 1 heterocycles. The predicted molar refractivity (Wildman–Crippen MR) is 140 cm³/mol. The number of carbonyl (C=O) groups excluding carboxylic acids is 2. The number of aryl methyl sites for hydroxylation is 1. The van der Waals surface area contributed by atoms with Crippen molar-refractivity contribution in [3.8, 4) is 6.07 Å². The molecule has 0 radical (unpaired) electrons. The monoisotopic (exact) mass is 585 g/mol. The van der Waals surface area contributed by atoms with Crippen molar-refractivity contribution in [1.29, 1.82) is 5.26 Å². The van der Waals surface area contributed by atoms with E-state index in [4.69, 9.17) is 16.3 Å². The molecule has 2 saturated carbocycles. The lowest BCUT2D eigenvalue weighted by Gasteiger charge is -2.28. The fourth-order valence-electron chi connectivity index (χ4n) is 5.27. The number of benzene rings is 1. The molecule has 1 N–H and O–H groups in total. The Morgan fingerprint density at radius 3 is 2.49 bits per heavy atom. The van der Waals surface area contributed by atoms with E-state index in [1.165, 1.54) is 12.1 Å². The van der Waals surface area contributed by atoms with Gasteiger partial charge in [-0.3, -0.25) is 9.69 Å². The number of amides is 2. The summed E-state index contributed by atoms with van der Waals surface area (Å²) in [4.78, 5) is 27.0. The Morgan fingerprint density at radius 2 is 1.95 bits per heavy atom. The first-order chi connectivity index (χ1) is 18.0. The molecule has 0 aromatic heterocycles. The van der Waals surface area contributed by atoms with Crippen LogP contribution in [-0.4, -0.2) is 60.2 Å². The summed E-state index contributed by atoms with van der Waals surface area (Å²) in [6.07, 6.45) is 1.27. The largest absolute Gasteiger partial charge is 0.444 e. The standard InChI is InChI=1S/C27H34ClF2N3O5S/c1-25(2,3)38-24(35)33-15-19(13-21(33)23(34)32-26(16-31)10-11-26)39(36,37)22-7-6-17(12-20(22)28)4-5-18-8-9-27(29,30)14-18/h6-7,12,18-19,21H,4-5,8-11,13-15H2,1-3H3,(H,32,34)/t18?,19-,21+/m1/s1. The molecule has 4 rings (SSSR count). The van der Waals surface area contributed by atoms with Gasteiger partial charge in [0.05, 0.1) is 21.2 Å². The van der Waals surface area contributed by atoms with E-state index in [0.29, 0.717) is 32.1 Å². The number of ether oxygens (including phenoxy) is 1. The minimum atomic E-state index is -4.07. The number of alkyl halides is 2. The first-order valence-corrected chi connectivity index (χ1v) is 15.1. The van der Waals surface area contributed by atoms with Gasteiger partial charge in [-0.05, 0) is 82.9 Å². The van der Waals surface area contributed by atoms with Crippen LogP contribution in [0.15, 0.2) is 23.1 Å². The van der Waals surface area contributed by atoms with Gasteiger partial charge in [-0.1, -0.05) is 17.7 Å². The van der Waals surface area contributed by atoms with Gasteiger partial charge in [-0.2, -0.15) is 5.26 Å². The van der Waals surface area contributed by atoms with E-state index in [9.17, 15) is 32.0 Å². The number of nitrogens with zero attached hydrogens (tertiary/aromatic N) is 2. The van der Waals surface area contributed by atoms with Crippen molar-refractivity contribution < 1.29 is 31.5 Å². The molecule has 1 unspecified atom stereocenters. The van der Waals surface area contributed by atoms with E-state index in [2.05, 4.69) is 11.4 Å². The van der Waals surface area contributed by atoms with Gasteiger partial charge < -0.3 is 10.1 Å². The summed E-state index contributed by atoms with van der Waals surface area (Å²) in [5.74, 6) is -3.30. The van der Waals surface area contributed by atoms with Crippen LogP contribution >= 0.6 is 11.6 Å². The summed E-state index contributed by atoms with van der Waals surface area (Å²) in [6.45, 7) is 4.72. The molecule has 1 aromatic rings. The molecule has 0 bridgehead atoms. The van der Waals surface area contributed by atoms with Gasteiger partial charge in [0, 0.05) is 19.4 Å². The summed E-state index contributed by atoms with van der Waals surface area (Å²) < 4.78 is 59.7. The molecule has 39 heavy (non-hydrogen) atoms. The van der Waals surface area contributed by atoms with Gasteiger partial charge in [0.25, 0.3) is 0 Å². The second-order valence-electron chi connectivity index (χ2n) is 12.0. The van der Waals surface area contributed by atoms with Crippen molar-refractivity contribution in [2.24, 2.45) is 5.92 Å². The maximum Gasteiger partial charge on any atom is 0.411 e. The highest BCUT2D eigenvalue weighted by Crippen LogP contribution is 2.41.